The van der Waals surface area contributed by atoms with Gasteiger partial charge in [-0.05, 0) is 45.8 Å². The fourth-order valence-corrected chi connectivity index (χ4v) is 3.81. The van der Waals surface area contributed by atoms with Crippen LogP contribution in [-0.4, -0.2) is 35.6 Å². The van der Waals surface area contributed by atoms with Crippen molar-refractivity contribution in [2.45, 2.75) is 51.9 Å². The van der Waals surface area contributed by atoms with Crippen LogP contribution in [0.15, 0.2) is 0 Å². The molecule has 2 heterocycles. The fourth-order valence-electron chi connectivity index (χ4n) is 2.83. The molecular formula is C14H22F3N3S. The molecule has 1 aliphatic rings. The lowest BCUT2D eigenvalue weighted by Crippen LogP contribution is -2.43. The largest absolute Gasteiger partial charge is 0.434 e. The van der Waals surface area contributed by atoms with Gasteiger partial charge in [0.15, 0.2) is 5.69 Å². The highest BCUT2D eigenvalue weighted by molar-refractivity contribution is 7.11. The van der Waals surface area contributed by atoms with Crippen LogP contribution in [0.1, 0.15) is 41.8 Å². The second-order valence-electron chi connectivity index (χ2n) is 5.45. The first kappa shape index (κ1) is 16.7. The van der Waals surface area contributed by atoms with Crippen molar-refractivity contribution in [3.05, 3.63) is 15.6 Å². The van der Waals surface area contributed by atoms with Gasteiger partial charge in [0.25, 0.3) is 0 Å². The summed E-state index contributed by atoms with van der Waals surface area (Å²) in [5.74, 6) is 0. The molecule has 7 heteroatoms. The molecule has 0 bridgehead atoms. The molecule has 1 aromatic rings. The third-order valence-electron chi connectivity index (χ3n) is 3.76. The number of piperidine rings is 1. The molecule has 1 aliphatic heterocycles. The molecule has 1 fully saturated rings. The van der Waals surface area contributed by atoms with E-state index in [2.05, 4.69) is 22.1 Å². The number of hydrogen-bond acceptors (Lipinski definition) is 4. The first-order chi connectivity index (χ1) is 9.91. The van der Waals surface area contributed by atoms with Gasteiger partial charge in [0.2, 0.25) is 0 Å². The zero-order valence-corrected chi connectivity index (χ0v) is 13.3. The van der Waals surface area contributed by atoms with Crippen LogP contribution in [0, 0.1) is 6.92 Å². The second kappa shape index (κ2) is 7.07. The van der Waals surface area contributed by atoms with Crippen LogP contribution < -0.4 is 5.32 Å². The summed E-state index contributed by atoms with van der Waals surface area (Å²) in [5, 5.41) is 3.78. The summed E-state index contributed by atoms with van der Waals surface area (Å²) in [7, 11) is 0. The predicted molar refractivity (Wildman–Crippen MR) is 78.4 cm³/mol. The van der Waals surface area contributed by atoms with Gasteiger partial charge in [0.05, 0.1) is 9.88 Å². The van der Waals surface area contributed by atoms with Gasteiger partial charge in [0, 0.05) is 12.6 Å². The van der Waals surface area contributed by atoms with Crippen molar-refractivity contribution in [2.75, 3.05) is 19.6 Å². The first-order valence-electron chi connectivity index (χ1n) is 7.40. The van der Waals surface area contributed by atoms with E-state index in [1.807, 2.05) is 0 Å². The normalized spacial score (nSPS) is 17.6. The molecule has 0 aromatic carbocycles. The number of halogens is 3. The summed E-state index contributed by atoms with van der Waals surface area (Å²) >= 11 is 1.17. The van der Waals surface area contributed by atoms with Crippen LogP contribution in [0.25, 0.3) is 0 Å². The van der Waals surface area contributed by atoms with Crippen molar-refractivity contribution in [2.24, 2.45) is 0 Å². The Morgan fingerprint density at radius 2 is 2.00 bits per heavy atom. The van der Waals surface area contributed by atoms with Crippen molar-refractivity contribution in [1.29, 1.82) is 0 Å². The Hall–Kier alpha value is -0.660. The lowest BCUT2D eigenvalue weighted by Gasteiger charge is -2.34. The number of nitrogens with one attached hydrogen (secondary N) is 1. The van der Waals surface area contributed by atoms with Gasteiger partial charge in [0.1, 0.15) is 0 Å². The molecule has 0 aliphatic carbocycles. The predicted octanol–water partition coefficient (Wildman–Crippen LogP) is 3.43. The molecule has 2 rings (SSSR count). The Labute approximate surface area is 127 Å². The highest BCUT2D eigenvalue weighted by Gasteiger charge is 2.37. The lowest BCUT2D eigenvalue weighted by molar-refractivity contribution is -0.141. The Morgan fingerprint density at radius 3 is 2.57 bits per heavy atom. The van der Waals surface area contributed by atoms with E-state index in [-0.39, 0.29) is 0 Å². The van der Waals surface area contributed by atoms with Gasteiger partial charge in [-0.15, -0.1) is 11.3 Å². The number of rotatable bonds is 5. The zero-order valence-electron chi connectivity index (χ0n) is 12.5. The number of nitrogens with zero attached hydrogens (tertiary/aromatic N) is 2. The van der Waals surface area contributed by atoms with E-state index in [9.17, 15) is 13.2 Å². The molecule has 3 nitrogen and oxygen atoms in total. The fraction of sp³-hybridized carbons (Fsp3) is 0.786. The van der Waals surface area contributed by atoms with E-state index in [1.165, 1.54) is 11.3 Å². The van der Waals surface area contributed by atoms with Crippen molar-refractivity contribution < 1.29 is 13.2 Å². The summed E-state index contributed by atoms with van der Waals surface area (Å²) in [6.45, 7) is 6.78. The van der Waals surface area contributed by atoms with Crippen molar-refractivity contribution in [1.82, 2.24) is 15.2 Å². The SMILES string of the molecule is CCCN(Cc1sc(C)nc1C(F)(F)F)C1CCNCC1. The van der Waals surface area contributed by atoms with Crippen LogP contribution in [0.5, 0.6) is 0 Å². The van der Waals surface area contributed by atoms with E-state index < -0.39 is 11.9 Å². The van der Waals surface area contributed by atoms with Gasteiger partial charge in [-0.2, -0.15) is 13.2 Å². The summed E-state index contributed by atoms with van der Waals surface area (Å²) in [4.78, 5) is 6.25. The van der Waals surface area contributed by atoms with E-state index in [1.54, 1.807) is 6.92 Å². The minimum absolute atomic E-state index is 0.354. The van der Waals surface area contributed by atoms with E-state index in [0.29, 0.717) is 22.5 Å². The molecule has 0 atom stereocenters. The molecule has 21 heavy (non-hydrogen) atoms. The summed E-state index contributed by atoms with van der Waals surface area (Å²) in [6, 6.07) is 0.370. The minimum Gasteiger partial charge on any atom is -0.317 e. The van der Waals surface area contributed by atoms with Crippen molar-refractivity contribution in [3.8, 4) is 0 Å². The smallest absolute Gasteiger partial charge is 0.317 e. The maximum Gasteiger partial charge on any atom is 0.434 e. The quantitative estimate of drug-likeness (QED) is 0.900. The van der Waals surface area contributed by atoms with Crippen molar-refractivity contribution >= 4 is 11.3 Å². The second-order valence-corrected chi connectivity index (χ2v) is 6.74. The van der Waals surface area contributed by atoms with E-state index in [4.69, 9.17) is 0 Å². The lowest BCUT2D eigenvalue weighted by atomic mass is 10.0. The summed E-state index contributed by atoms with van der Waals surface area (Å²) in [5.41, 5.74) is -0.694. The molecule has 1 N–H and O–H groups in total. The van der Waals surface area contributed by atoms with Gasteiger partial charge in [-0.25, -0.2) is 4.98 Å². The first-order valence-corrected chi connectivity index (χ1v) is 8.21. The molecule has 0 radical (unpaired) electrons. The standard InChI is InChI=1S/C14H22F3N3S/c1-3-8-20(11-4-6-18-7-5-11)9-12-13(14(15,16)17)19-10(2)21-12/h11,18H,3-9H2,1-2H3. The molecule has 1 aromatic heterocycles. The summed E-state index contributed by atoms with van der Waals surface area (Å²) < 4.78 is 39.2. The van der Waals surface area contributed by atoms with E-state index in [0.717, 1.165) is 38.9 Å². The maximum absolute atomic E-state index is 13.1. The molecule has 0 amide bonds. The Kier molecular flexibility index (Phi) is 5.62. The van der Waals surface area contributed by atoms with Crippen LogP contribution >= 0.6 is 11.3 Å². The van der Waals surface area contributed by atoms with Gasteiger partial charge in [-0.3, -0.25) is 4.90 Å². The third-order valence-corrected chi connectivity index (χ3v) is 4.71. The molecule has 1 saturated heterocycles. The number of thiazole rings is 1. The number of hydrogen-bond donors (Lipinski definition) is 1. The average Bonchev–Trinajstić information content (AvgIpc) is 2.80. The Bertz CT molecular complexity index is 453. The average molecular weight is 321 g/mol. The van der Waals surface area contributed by atoms with Crippen molar-refractivity contribution in [3.63, 3.8) is 0 Å². The molecular weight excluding hydrogens is 299 g/mol. The highest BCUT2D eigenvalue weighted by atomic mass is 32.1. The van der Waals surface area contributed by atoms with E-state index >= 15 is 0 Å². The van der Waals surface area contributed by atoms with Crippen LogP contribution in [0.3, 0.4) is 0 Å². The topological polar surface area (TPSA) is 28.2 Å². The van der Waals surface area contributed by atoms with Gasteiger partial charge < -0.3 is 5.32 Å². The van der Waals surface area contributed by atoms with Crippen LogP contribution in [0.4, 0.5) is 13.2 Å². The Morgan fingerprint density at radius 1 is 1.33 bits per heavy atom. The molecule has 0 saturated carbocycles. The number of aromatic nitrogens is 1. The number of alkyl halides is 3. The third kappa shape index (κ3) is 4.40. The van der Waals surface area contributed by atoms with Gasteiger partial charge in [-0.1, -0.05) is 6.92 Å². The molecule has 0 spiro atoms. The zero-order chi connectivity index (χ0) is 15.5. The van der Waals surface area contributed by atoms with Gasteiger partial charge >= 0.3 is 6.18 Å². The van der Waals surface area contributed by atoms with Crippen LogP contribution in [-0.2, 0) is 12.7 Å². The monoisotopic (exact) mass is 321 g/mol. The minimum atomic E-state index is -4.36. The Balaban J connectivity index is 2.16. The van der Waals surface area contributed by atoms with Crippen LogP contribution in [0.2, 0.25) is 0 Å². The molecule has 0 unspecified atom stereocenters. The highest BCUT2D eigenvalue weighted by Crippen LogP contribution is 2.35. The maximum atomic E-state index is 13.1. The number of aryl methyl sites for hydroxylation is 1. The summed E-state index contributed by atoms with van der Waals surface area (Å²) in [6.07, 6.45) is -1.41. The molecule has 120 valence electrons.